The minimum atomic E-state index is -0.504. The summed E-state index contributed by atoms with van der Waals surface area (Å²) in [5, 5.41) is 2.04. The molecule has 0 N–H and O–H groups in total. The normalized spacial score (nSPS) is 14.9. The predicted octanol–water partition coefficient (Wildman–Crippen LogP) is 18.2. The predicted molar refractivity (Wildman–Crippen MR) is 334 cm³/mol. The van der Waals surface area contributed by atoms with Crippen molar-refractivity contribution in [3.05, 3.63) is 272 Å². The maximum absolute atomic E-state index is 9.58. The monoisotopic (exact) mass is 1040 g/mol. The molecule has 0 amide bonds. The molecular weight excluding hydrogens is 988 g/mol. The molecule has 0 aliphatic carbocycles. The van der Waals surface area contributed by atoms with Gasteiger partial charge in [0.1, 0.15) is 34.2 Å². The van der Waals surface area contributed by atoms with Crippen molar-refractivity contribution in [2.45, 2.75) is 19.3 Å². The first-order chi connectivity index (χ1) is 43.2. The summed E-state index contributed by atoms with van der Waals surface area (Å²) in [6, 6.07) is 69.2. The minimum absolute atomic E-state index is 0.00293. The van der Waals surface area contributed by atoms with Crippen LogP contribution in [0.15, 0.2) is 265 Å². The van der Waals surface area contributed by atoms with Crippen molar-refractivity contribution in [3.63, 3.8) is 0 Å². The van der Waals surface area contributed by atoms with Crippen molar-refractivity contribution in [2.24, 2.45) is 0 Å². The van der Waals surface area contributed by atoms with Gasteiger partial charge in [-0.15, -0.1) is 0 Å². The maximum atomic E-state index is 9.58. The van der Waals surface area contributed by atoms with Gasteiger partial charge in [-0.2, -0.15) is 0 Å². The Morgan fingerprint density at radius 3 is 1.78 bits per heavy atom. The Morgan fingerprint density at radius 1 is 0.407 bits per heavy atom. The Hall–Kier alpha value is -10.3. The van der Waals surface area contributed by atoms with Crippen molar-refractivity contribution < 1.29 is 24.9 Å². The largest absolute Gasteiger partial charge is 0.458 e. The average Bonchev–Trinajstić information content (AvgIpc) is 1.69. The van der Waals surface area contributed by atoms with Gasteiger partial charge < -0.3 is 23.4 Å². The number of ether oxygens (including phenoxy) is 2. The Bertz CT molecular complexity index is 5300. The van der Waals surface area contributed by atoms with Crippen molar-refractivity contribution in [3.8, 4) is 73.2 Å². The SMILES string of the molecule is [2H]c1c([2H])c([2H])c2c(c1[2H])c1c([2H])c([2H])c([2H])c([2H])c1n2-c1ccc2c(c1)N(c1c(-c3ccccc3)cccc1-c1ccccc1)c1cc(-c3ccc4c(c3)Oc3ccccc3C4(C)C)cc3c1B2c1ccc(-c2ccc4oc5ccccc5c4c2)cc1O3. The molecule has 3 aliphatic rings. The first kappa shape index (κ1) is 38.3. The maximum Gasteiger partial charge on any atom is 0.256 e. The van der Waals surface area contributed by atoms with E-state index < -0.39 is 43.0 Å². The quantitative estimate of drug-likeness (QED) is 0.156. The lowest BCUT2D eigenvalue weighted by molar-refractivity contribution is 0.418. The molecule has 3 aliphatic heterocycles. The fourth-order valence-electron chi connectivity index (χ4n) is 13.2. The van der Waals surface area contributed by atoms with Crippen LogP contribution in [0.3, 0.4) is 0 Å². The van der Waals surface area contributed by atoms with Gasteiger partial charge in [-0.25, -0.2) is 0 Å². The van der Waals surface area contributed by atoms with Gasteiger partial charge in [-0.1, -0.05) is 202 Å². The number of benzene rings is 12. The summed E-state index contributed by atoms with van der Waals surface area (Å²) in [6.07, 6.45) is 0. The van der Waals surface area contributed by atoms with Gasteiger partial charge in [-0.05, 0) is 123 Å². The lowest BCUT2D eigenvalue weighted by atomic mass is 9.34. The van der Waals surface area contributed by atoms with Crippen LogP contribution in [0.25, 0.3) is 93.9 Å². The molecule has 6 heteroatoms. The fraction of sp³-hybridized carbons (Fsp3) is 0.0400. The van der Waals surface area contributed by atoms with Crippen LogP contribution < -0.4 is 30.8 Å². The summed E-state index contributed by atoms with van der Waals surface area (Å²) in [7, 11) is 0. The molecule has 14 aromatic rings. The zero-order chi connectivity index (χ0) is 60.5. The molecule has 0 radical (unpaired) electrons. The van der Waals surface area contributed by atoms with Crippen LogP contribution in [-0.4, -0.2) is 11.3 Å². The van der Waals surface area contributed by atoms with Crippen LogP contribution in [0.5, 0.6) is 23.0 Å². The fourth-order valence-corrected chi connectivity index (χ4v) is 13.2. The van der Waals surface area contributed by atoms with Gasteiger partial charge in [0.2, 0.25) is 0 Å². The van der Waals surface area contributed by atoms with Crippen LogP contribution in [0, 0.1) is 0 Å². The van der Waals surface area contributed by atoms with Gasteiger partial charge in [0.25, 0.3) is 6.71 Å². The summed E-state index contributed by atoms with van der Waals surface area (Å²) in [6.45, 7) is 4.01. The number of para-hydroxylation sites is 5. The van der Waals surface area contributed by atoms with Gasteiger partial charge in [0.05, 0.1) is 27.7 Å². The Balaban J connectivity index is 0.982. The standard InChI is InChI=1S/C75H49BN2O3/c1-75(2)59-27-12-16-31-69(59)80-70-42-50(32-36-60(70)75)51-41-66-73-72(44-51)81-71-43-49(48-34-39-68-58(40-48)57-24-11-15-30-67(57)79-68)33-37-62(71)76(73)61-38-35-52(77-63-28-13-9-22-55(63)56-23-10-14-29-64(56)77)45-65(61)78(66)74-53(46-18-5-3-6-19-46)25-17-26-54(74)47-20-7-4-8-21-47/h3-45H,1-2H3/i9D,10D,13D,14D,22D,23D,28D,29D. The van der Waals surface area contributed by atoms with E-state index in [4.69, 9.17) is 19.4 Å². The highest BCUT2D eigenvalue weighted by molar-refractivity contribution is 6.99. The molecule has 0 spiro atoms. The van der Waals surface area contributed by atoms with Gasteiger partial charge in [0.15, 0.2) is 0 Å². The highest BCUT2D eigenvalue weighted by Crippen LogP contribution is 2.53. The number of furan rings is 1. The molecule has 5 heterocycles. The third-order valence-corrected chi connectivity index (χ3v) is 17.0. The van der Waals surface area contributed by atoms with E-state index in [1.165, 1.54) is 0 Å². The molecule has 81 heavy (non-hydrogen) atoms. The lowest BCUT2D eigenvalue weighted by Crippen LogP contribution is -2.59. The second-order valence-electron chi connectivity index (χ2n) is 21.7. The van der Waals surface area contributed by atoms with E-state index in [0.717, 1.165) is 123 Å². The molecule has 380 valence electrons. The molecule has 0 fully saturated rings. The highest BCUT2D eigenvalue weighted by Gasteiger charge is 2.44. The zero-order valence-corrected chi connectivity index (χ0v) is 43.9. The molecule has 17 rings (SSSR count). The molecule has 0 unspecified atom stereocenters. The number of hydrogen-bond donors (Lipinski definition) is 0. The molecule has 0 atom stereocenters. The molecule has 2 aromatic heterocycles. The number of nitrogens with zero attached hydrogens (tertiary/aromatic N) is 2. The molecule has 0 saturated carbocycles. The van der Waals surface area contributed by atoms with Crippen LogP contribution in [-0.2, 0) is 5.41 Å². The second kappa shape index (κ2) is 17.4. The smallest absolute Gasteiger partial charge is 0.256 e. The van der Waals surface area contributed by atoms with E-state index in [9.17, 15) is 5.48 Å². The second-order valence-corrected chi connectivity index (χ2v) is 21.7. The Morgan fingerprint density at radius 2 is 1.00 bits per heavy atom. The van der Waals surface area contributed by atoms with E-state index in [1.54, 1.807) is 4.57 Å². The van der Waals surface area contributed by atoms with Crippen molar-refractivity contribution in [2.75, 3.05) is 4.90 Å². The van der Waals surface area contributed by atoms with Crippen molar-refractivity contribution in [1.29, 1.82) is 0 Å². The van der Waals surface area contributed by atoms with Crippen LogP contribution in [0.1, 0.15) is 35.9 Å². The van der Waals surface area contributed by atoms with E-state index in [1.807, 2.05) is 91.0 Å². The Labute approximate surface area is 480 Å². The van der Waals surface area contributed by atoms with E-state index in [0.29, 0.717) is 17.2 Å². The first-order valence-corrected chi connectivity index (χ1v) is 27.3. The summed E-state index contributed by atoms with van der Waals surface area (Å²) >= 11 is 0. The van der Waals surface area contributed by atoms with E-state index >= 15 is 0 Å². The van der Waals surface area contributed by atoms with E-state index in [-0.39, 0.29) is 39.3 Å². The lowest BCUT2D eigenvalue weighted by Gasteiger charge is -2.42. The van der Waals surface area contributed by atoms with Crippen molar-refractivity contribution >= 4 is 83.9 Å². The number of hydrogen-bond acceptors (Lipinski definition) is 4. The van der Waals surface area contributed by atoms with Gasteiger partial charge in [0, 0.05) is 66.3 Å². The van der Waals surface area contributed by atoms with Gasteiger partial charge in [-0.3, -0.25) is 0 Å². The van der Waals surface area contributed by atoms with Gasteiger partial charge >= 0.3 is 0 Å². The average molecular weight is 1050 g/mol. The summed E-state index contributed by atoms with van der Waals surface area (Å²) < 4.78 is 95.8. The van der Waals surface area contributed by atoms with E-state index in [2.05, 4.69) is 140 Å². The third kappa shape index (κ3) is 6.87. The zero-order valence-electron chi connectivity index (χ0n) is 51.9. The third-order valence-electron chi connectivity index (χ3n) is 17.0. The summed E-state index contributed by atoms with van der Waals surface area (Å²) in [4.78, 5) is 2.31. The topological polar surface area (TPSA) is 39.8 Å². The number of aromatic nitrogens is 1. The molecule has 0 bridgehead atoms. The first-order valence-electron chi connectivity index (χ1n) is 31.3. The Kier molecular flexibility index (Phi) is 8.21. The molecule has 12 aromatic carbocycles. The number of fused-ring (bicyclic) bond motifs is 12. The summed E-state index contributed by atoms with van der Waals surface area (Å²) in [5.74, 6) is 2.88. The summed E-state index contributed by atoms with van der Waals surface area (Å²) in [5.41, 5.74) is 16.5. The number of anilines is 3. The van der Waals surface area contributed by atoms with Crippen LogP contribution in [0.2, 0.25) is 0 Å². The molecule has 0 saturated heterocycles. The molecular formula is C75H49BN2O3. The van der Waals surface area contributed by atoms with Crippen LogP contribution in [0.4, 0.5) is 17.1 Å². The van der Waals surface area contributed by atoms with Crippen LogP contribution >= 0.6 is 0 Å². The highest BCUT2D eigenvalue weighted by atomic mass is 16.5. The molecule has 5 nitrogen and oxygen atoms in total. The number of rotatable bonds is 6. The minimum Gasteiger partial charge on any atom is -0.458 e. The van der Waals surface area contributed by atoms with Crippen molar-refractivity contribution in [1.82, 2.24) is 4.57 Å².